The summed E-state index contributed by atoms with van der Waals surface area (Å²) in [6, 6.07) is 2.19. The minimum Gasteiger partial charge on any atom is -0.475 e. The summed E-state index contributed by atoms with van der Waals surface area (Å²) >= 11 is 1.75. The maximum Gasteiger partial charge on any atom is 0.490 e. The molecule has 12 heteroatoms. The maximum atomic E-state index is 11.8. The summed E-state index contributed by atoms with van der Waals surface area (Å²) in [4.78, 5) is 25.1. The van der Waals surface area contributed by atoms with Crippen molar-refractivity contribution in [2.75, 3.05) is 19.6 Å². The number of carboxylic acid groups (broad SMARTS) is 1. The van der Waals surface area contributed by atoms with E-state index in [1.807, 2.05) is 4.90 Å². The molecule has 2 aromatic heterocycles. The fourth-order valence-corrected chi connectivity index (χ4v) is 4.04. The number of alkyl halides is 3. The lowest BCUT2D eigenvalue weighted by Gasteiger charge is -2.19. The molecule has 0 unspecified atom stereocenters. The molecule has 2 aliphatic rings. The highest BCUT2D eigenvalue weighted by Gasteiger charge is 2.38. The van der Waals surface area contributed by atoms with Crippen LogP contribution in [0.15, 0.2) is 16.8 Å². The third-order valence-electron chi connectivity index (χ3n) is 4.93. The molecule has 0 radical (unpaired) electrons. The number of hydrogen-bond donors (Lipinski definition) is 1. The zero-order chi connectivity index (χ0) is 21.7. The van der Waals surface area contributed by atoms with Crippen LogP contribution in [-0.4, -0.2) is 67.4 Å². The van der Waals surface area contributed by atoms with Gasteiger partial charge in [0.25, 0.3) is 0 Å². The second-order valence-corrected chi connectivity index (χ2v) is 7.84. The van der Waals surface area contributed by atoms with E-state index in [0.29, 0.717) is 13.0 Å². The number of hydrogen-bond acceptors (Lipinski definition) is 6. The van der Waals surface area contributed by atoms with Crippen molar-refractivity contribution >= 4 is 23.2 Å². The Kier molecular flexibility index (Phi) is 7.08. The Bertz CT molecular complexity index is 869. The second-order valence-electron chi connectivity index (χ2n) is 7.06. The molecule has 0 aliphatic carbocycles. The minimum atomic E-state index is -5.08. The Morgan fingerprint density at radius 2 is 1.90 bits per heavy atom. The van der Waals surface area contributed by atoms with Crippen LogP contribution in [0.25, 0.3) is 0 Å². The average molecular weight is 445 g/mol. The average Bonchev–Trinajstić information content (AvgIpc) is 3.38. The van der Waals surface area contributed by atoms with Crippen molar-refractivity contribution in [3.63, 3.8) is 0 Å². The van der Waals surface area contributed by atoms with E-state index in [9.17, 15) is 18.0 Å². The van der Waals surface area contributed by atoms with Crippen LogP contribution in [0.1, 0.15) is 30.1 Å². The zero-order valence-corrected chi connectivity index (χ0v) is 17.0. The number of amides is 1. The van der Waals surface area contributed by atoms with Crippen LogP contribution >= 0.6 is 11.3 Å². The van der Waals surface area contributed by atoms with Crippen LogP contribution in [0.2, 0.25) is 0 Å². The molecule has 0 saturated carbocycles. The maximum absolute atomic E-state index is 11.8. The van der Waals surface area contributed by atoms with E-state index < -0.39 is 12.1 Å². The lowest BCUT2D eigenvalue weighted by Crippen LogP contribution is -2.28. The molecule has 2 aromatic rings. The van der Waals surface area contributed by atoms with Gasteiger partial charge in [-0.05, 0) is 28.8 Å². The second kappa shape index (κ2) is 9.56. The Labute approximate surface area is 174 Å². The molecule has 0 atom stereocenters. The van der Waals surface area contributed by atoms with Gasteiger partial charge in [-0.2, -0.15) is 24.5 Å². The first kappa shape index (κ1) is 22.2. The standard InChI is InChI=1S/C16H21N5OS.C2HF3O2/c22-16-2-1-5-20(16)11-15-18-17-14-3-6-19(7-8-21(14)15)10-13-4-9-23-12-13;3-2(4,5)1(6)7/h4,9,12H,1-3,5-8,10-11H2;(H,6,7). The van der Waals surface area contributed by atoms with Gasteiger partial charge in [0.05, 0.1) is 6.54 Å². The normalized spacial score (nSPS) is 17.3. The number of carbonyl (C=O) groups is 2. The summed E-state index contributed by atoms with van der Waals surface area (Å²) in [6.07, 6.45) is -2.52. The van der Waals surface area contributed by atoms with Crippen LogP contribution in [0.3, 0.4) is 0 Å². The molecule has 4 heterocycles. The van der Waals surface area contributed by atoms with Crippen LogP contribution in [0, 0.1) is 0 Å². The highest BCUT2D eigenvalue weighted by Crippen LogP contribution is 2.17. The zero-order valence-electron chi connectivity index (χ0n) is 16.1. The molecular weight excluding hydrogens is 423 g/mol. The van der Waals surface area contributed by atoms with Gasteiger partial charge in [-0.3, -0.25) is 9.69 Å². The Hall–Kier alpha value is -2.47. The van der Waals surface area contributed by atoms with E-state index in [0.717, 1.165) is 57.2 Å². The first-order valence-electron chi connectivity index (χ1n) is 9.46. The quantitative estimate of drug-likeness (QED) is 0.776. The van der Waals surface area contributed by atoms with E-state index in [1.165, 1.54) is 5.56 Å². The number of carbonyl (C=O) groups excluding carboxylic acids is 1. The van der Waals surface area contributed by atoms with Crippen molar-refractivity contribution in [1.29, 1.82) is 0 Å². The fraction of sp³-hybridized carbons (Fsp3) is 0.556. The van der Waals surface area contributed by atoms with Crippen molar-refractivity contribution in [3.8, 4) is 0 Å². The predicted molar refractivity (Wildman–Crippen MR) is 102 cm³/mol. The van der Waals surface area contributed by atoms with Crippen molar-refractivity contribution in [2.45, 2.75) is 45.1 Å². The third-order valence-corrected chi connectivity index (χ3v) is 5.66. The molecule has 30 heavy (non-hydrogen) atoms. The molecule has 4 rings (SSSR count). The van der Waals surface area contributed by atoms with Crippen LogP contribution in [0.5, 0.6) is 0 Å². The fourth-order valence-electron chi connectivity index (χ4n) is 3.38. The first-order valence-corrected chi connectivity index (χ1v) is 10.4. The van der Waals surface area contributed by atoms with Gasteiger partial charge in [-0.15, -0.1) is 10.2 Å². The Morgan fingerprint density at radius 1 is 1.13 bits per heavy atom. The SMILES string of the molecule is O=C(O)C(F)(F)F.O=C1CCCN1Cc1nnc2n1CCN(Cc1ccsc1)CC2. The Balaban J connectivity index is 0.000000318. The monoisotopic (exact) mass is 445 g/mol. The van der Waals surface area contributed by atoms with Gasteiger partial charge in [-0.25, -0.2) is 4.79 Å². The summed E-state index contributed by atoms with van der Waals surface area (Å²) in [5.74, 6) is -0.519. The van der Waals surface area contributed by atoms with Crippen LogP contribution < -0.4 is 0 Å². The molecule has 1 N–H and O–H groups in total. The van der Waals surface area contributed by atoms with Gasteiger partial charge in [0.2, 0.25) is 5.91 Å². The molecule has 0 aromatic carbocycles. The molecule has 1 saturated heterocycles. The molecule has 1 amide bonds. The summed E-state index contributed by atoms with van der Waals surface area (Å²) in [6.45, 7) is 5.38. The van der Waals surface area contributed by atoms with Gasteiger partial charge in [0, 0.05) is 45.6 Å². The van der Waals surface area contributed by atoms with Crippen LogP contribution in [-0.2, 0) is 35.6 Å². The summed E-state index contributed by atoms with van der Waals surface area (Å²) in [7, 11) is 0. The lowest BCUT2D eigenvalue weighted by molar-refractivity contribution is -0.192. The topological polar surface area (TPSA) is 91.6 Å². The van der Waals surface area contributed by atoms with Crippen molar-refractivity contribution in [1.82, 2.24) is 24.6 Å². The molecular formula is C18H22F3N5O3S. The summed E-state index contributed by atoms with van der Waals surface area (Å²) < 4.78 is 34.0. The number of carboxylic acids is 1. The number of thiophene rings is 1. The molecule has 0 bridgehead atoms. The van der Waals surface area contributed by atoms with Gasteiger partial charge in [0.1, 0.15) is 5.82 Å². The summed E-state index contributed by atoms with van der Waals surface area (Å²) in [5, 5.41) is 20.2. The van der Waals surface area contributed by atoms with Gasteiger partial charge in [0.15, 0.2) is 5.82 Å². The molecule has 164 valence electrons. The summed E-state index contributed by atoms with van der Waals surface area (Å²) in [5.41, 5.74) is 1.38. The van der Waals surface area contributed by atoms with E-state index in [1.54, 1.807) is 11.3 Å². The molecule has 0 spiro atoms. The highest BCUT2D eigenvalue weighted by atomic mass is 32.1. The smallest absolute Gasteiger partial charge is 0.475 e. The number of fused-ring (bicyclic) bond motifs is 1. The number of likely N-dealkylation sites (tertiary alicyclic amines) is 1. The minimum absolute atomic E-state index is 0.245. The first-order chi connectivity index (χ1) is 14.2. The van der Waals surface area contributed by atoms with Gasteiger partial charge < -0.3 is 14.6 Å². The number of rotatable bonds is 4. The van der Waals surface area contributed by atoms with Crippen LogP contribution in [0.4, 0.5) is 13.2 Å². The van der Waals surface area contributed by atoms with Gasteiger partial charge >= 0.3 is 12.1 Å². The third kappa shape index (κ3) is 5.79. The lowest BCUT2D eigenvalue weighted by atomic mass is 10.3. The van der Waals surface area contributed by atoms with E-state index in [-0.39, 0.29) is 5.91 Å². The number of halogens is 3. The van der Waals surface area contributed by atoms with E-state index in [2.05, 4.69) is 36.5 Å². The predicted octanol–water partition coefficient (Wildman–Crippen LogP) is 2.15. The van der Waals surface area contributed by atoms with Crippen molar-refractivity contribution in [2.24, 2.45) is 0 Å². The van der Waals surface area contributed by atoms with Crippen molar-refractivity contribution < 1.29 is 27.9 Å². The highest BCUT2D eigenvalue weighted by molar-refractivity contribution is 7.07. The van der Waals surface area contributed by atoms with E-state index in [4.69, 9.17) is 9.90 Å². The number of aliphatic carboxylic acids is 1. The number of aromatic nitrogens is 3. The van der Waals surface area contributed by atoms with Crippen molar-refractivity contribution in [3.05, 3.63) is 34.0 Å². The molecule has 8 nitrogen and oxygen atoms in total. The number of nitrogens with zero attached hydrogens (tertiary/aromatic N) is 5. The molecule has 2 aliphatic heterocycles. The molecule has 1 fully saturated rings. The Morgan fingerprint density at radius 3 is 2.50 bits per heavy atom. The van der Waals surface area contributed by atoms with Gasteiger partial charge in [-0.1, -0.05) is 0 Å². The van der Waals surface area contributed by atoms with E-state index >= 15 is 0 Å². The largest absolute Gasteiger partial charge is 0.490 e.